The van der Waals surface area contributed by atoms with Crippen LogP contribution in [-0.2, 0) is 9.53 Å². The van der Waals surface area contributed by atoms with Crippen molar-refractivity contribution in [3.8, 4) is 0 Å². The van der Waals surface area contributed by atoms with E-state index in [2.05, 4.69) is 0 Å². The molecule has 1 aromatic carbocycles. The fraction of sp³-hybridized carbons (Fsp3) is 0.429. The van der Waals surface area contributed by atoms with Gasteiger partial charge in [-0.2, -0.15) is 0 Å². The van der Waals surface area contributed by atoms with Gasteiger partial charge in [0.1, 0.15) is 0 Å². The Balaban J connectivity index is 1.91. The topological polar surface area (TPSA) is 46.6 Å². The van der Waals surface area contributed by atoms with Crippen molar-refractivity contribution >= 4 is 12.1 Å². The van der Waals surface area contributed by atoms with Gasteiger partial charge in [0.25, 0.3) is 0 Å². The summed E-state index contributed by atoms with van der Waals surface area (Å²) in [6.45, 7) is 0. The average Bonchev–Trinajstić information content (AvgIpc) is 2.38. The molecule has 4 heteroatoms. The molecule has 0 aromatic heterocycles. The van der Waals surface area contributed by atoms with Gasteiger partial charge in [0.05, 0.1) is 12.5 Å². The lowest BCUT2D eigenvalue weighted by molar-refractivity contribution is -0.145. The van der Waals surface area contributed by atoms with Gasteiger partial charge in [-0.25, -0.2) is 4.79 Å². The fourth-order valence-electron chi connectivity index (χ4n) is 2.94. The van der Waals surface area contributed by atoms with E-state index in [1.807, 2.05) is 30.3 Å². The molecule has 2 aliphatic heterocycles. The number of ether oxygens (including phenoxy) is 1. The molecule has 0 bridgehead atoms. The molecule has 4 nitrogen and oxygen atoms in total. The number of hydrogen-bond donors (Lipinski definition) is 0. The number of amides is 1. The molecule has 1 aromatic rings. The number of nitrogens with zero attached hydrogens (tertiary/aromatic N) is 1. The smallest absolute Gasteiger partial charge is 0.376 e. The van der Waals surface area contributed by atoms with Crippen LogP contribution in [0.15, 0.2) is 30.3 Å². The molecule has 0 N–H and O–H groups in total. The maximum absolute atomic E-state index is 11.9. The molecule has 94 valence electrons. The number of carbonyl (C=O) groups excluding carboxylic acids is 2. The molecule has 0 aliphatic carbocycles. The molecule has 2 fully saturated rings. The molecule has 2 aliphatic rings. The van der Waals surface area contributed by atoms with Crippen LogP contribution < -0.4 is 0 Å². The van der Waals surface area contributed by atoms with Crippen LogP contribution >= 0.6 is 0 Å². The maximum Gasteiger partial charge on any atom is 0.418 e. The third kappa shape index (κ3) is 1.88. The number of piperidine rings is 1. The molecule has 0 radical (unpaired) electrons. The number of esters is 1. The first-order chi connectivity index (χ1) is 8.75. The van der Waals surface area contributed by atoms with Crippen molar-refractivity contribution in [2.45, 2.75) is 37.8 Å². The summed E-state index contributed by atoms with van der Waals surface area (Å²) in [4.78, 5) is 25.0. The minimum absolute atomic E-state index is 0.0118. The molecule has 2 saturated heterocycles. The SMILES string of the molecule is O=C1C[C@H]2CCC[C@H](c3ccccc3)N2C(=O)O1. The normalized spacial score (nSPS) is 27.7. The van der Waals surface area contributed by atoms with Crippen LogP contribution in [-0.4, -0.2) is 23.0 Å². The van der Waals surface area contributed by atoms with E-state index >= 15 is 0 Å². The van der Waals surface area contributed by atoms with Crippen molar-refractivity contribution in [3.05, 3.63) is 35.9 Å². The van der Waals surface area contributed by atoms with E-state index in [4.69, 9.17) is 4.74 Å². The van der Waals surface area contributed by atoms with Crippen molar-refractivity contribution in [1.29, 1.82) is 0 Å². The van der Waals surface area contributed by atoms with E-state index in [9.17, 15) is 9.59 Å². The molecule has 3 rings (SSSR count). The number of fused-ring (bicyclic) bond motifs is 1. The van der Waals surface area contributed by atoms with Gasteiger partial charge in [-0.05, 0) is 24.8 Å². The lowest BCUT2D eigenvalue weighted by Crippen LogP contribution is -2.51. The molecule has 0 saturated carbocycles. The molecule has 1 amide bonds. The lowest BCUT2D eigenvalue weighted by Gasteiger charge is -2.43. The van der Waals surface area contributed by atoms with Crippen LogP contribution in [0.25, 0.3) is 0 Å². The largest absolute Gasteiger partial charge is 0.418 e. The zero-order valence-electron chi connectivity index (χ0n) is 10.0. The second-order valence-electron chi connectivity index (χ2n) is 4.86. The summed E-state index contributed by atoms with van der Waals surface area (Å²) in [6.07, 6.45) is 2.72. The maximum atomic E-state index is 11.9. The van der Waals surface area contributed by atoms with Crippen LogP contribution in [0.4, 0.5) is 4.79 Å². The molecular weight excluding hydrogens is 230 g/mol. The van der Waals surface area contributed by atoms with Gasteiger partial charge >= 0.3 is 12.1 Å². The van der Waals surface area contributed by atoms with Crippen molar-refractivity contribution in [1.82, 2.24) is 4.90 Å². The lowest BCUT2D eigenvalue weighted by atomic mass is 9.89. The van der Waals surface area contributed by atoms with Crippen molar-refractivity contribution in [3.63, 3.8) is 0 Å². The Bertz CT molecular complexity index is 471. The number of carbonyl (C=O) groups is 2. The summed E-state index contributed by atoms with van der Waals surface area (Å²) in [5.41, 5.74) is 1.12. The first-order valence-electron chi connectivity index (χ1n) is 6.33. The zero-order valence-corrected chi connectivity index (χ0v) is 10.0. The first-order valence-corrected chi connectivity index (χ1v) is 6.33. The third-order valence-corrected chi connectivity index (χ3v) is 3.74. The quantitative estimate of drug-likeness (QED) is 0.564. The predicted molar refractivity (Wildman–Crippen MR) is 64.8 cm³/mol. The third-order valence-electron chi connectivity index (χ3n) is 3.74. The number of rotatable bonds is 1. The second-order valence-corrected chi connectivity index (χ2v) is 4.86. The van der Waals surface area contributed by atoms with E-state index in [1.165, 1.54) is 0 Å². The molecule has 0 spiro atoms. The predicted octanol–water partition coefficient (Wildman–Crippen LogP) is 2.65. The monoisotopic (exact) mass is 245 g/mol. The van der Waals surface area contributed by atoms with Gasteiger partial charge in [-0.3, -0.25) is 9.69 Å². The first kappa shape index (κ1) is 11.3. The minimum Gasteiger partial charge on any atom is -0.376 e. The summed E-state index contributed by atoms with van der Waals surface area (Å²) in [5, 5.41) is 0. The van der Waals surface area contributed by atoms with Crippen LogP contribution in [0.5, 0.6) is 0 Å². The Kier molecular flexibility index (Phi) is 2.78. The number of cyclic esters (lactones) is 2. The molecule has 0 unspecified atom stereocenters. The summed E-state index contributed by atoms with van der Waals surface area (Å²) >= 11 is 0. The van der Waals surface area contributed by atoms with Crippen molar-refractivity contribution in [2.75, 3.05) is 0 Å². The Morgan fingerprint density at radius 1 is 1.11 bits per heavy atom. The summed E-state index contributed by atoms with van der Waals surface area (Å²) in [7, 11) is 0. The average molecular weight is 245 g/mol. The second kappa shape index (κ2) is 4.44. The van der Waals surface area contributed by atoms with Gasteiger partial charge in [0.2, 0.25) is 0 Å². The number of hydrogen-bond acceptors (Lipinski definition) is 3. The van der Waals surface area contributed by atoms with Gasteiger partial charge in [0.15, 0.2) is 0 Å². The molecule has 2 heterocycles. The van der Waals surface area contributed by atoms with Crippen LogP contribution in [0.1, 0.15) is 37.3 Å². The highest BCUT2D eigenvalue weighted by molar-refractivity contribution is 5.88. The standard InChI is InChI=1S/C14H15NO3/c16-13-9-11-7-4-8-12(15(11)14(17)18-13)10-5-2-1-3-6-10/h1-3,5-6,11-12H,4,7-9H2/t11-,12-/m1/s1. The zero-order chi connectivity index (χ0) is 12.5. The van der Waals surface area contributed by atoms with Gasteiger partial charge in [0, 0.05) is 6.04 Å². The minimum atomic E-state index is -0.482. The highest BCUT2D eigenvalue weighted by Gasteiger charge is 2.41. The molecular formula is C14H15NO3. The van der Waals surface area contributed by atoms with Gasteiger partial charge < -0.3 is 4.74 Å². The summed E-state index contributed by atoms with van der Waals surface area (Å²) < 4.78 is 4.76. The molecule has 2 atom stereocenters. The van der Waals surface area contributed by atoms with Crippen molar-refractivity contribution < 1.29 is 14.3 Å². The van der Waals surface area contributed by atoms with Crippen LogP contribution in [0.2, 0.25) is 0 Å². The summed E-state index contributed by atoms with van der Waals surface area (Å²) in [6, 6.07) is 10.0. The van der Waals surface area contributed by atoms with E-state index in [1.54, 1.807) is 4.90 Å². The summed E-state index contributed by atoms with van der Waals surface area (Å²) in [5.74, 6) is -0.394. The van der Waals surface area contributed by atoms with Gasteiger partial charge in [-0.15, -0.1) is 0 Å². The Labute approximate surface area is 106 Å². The highest BCUT2D eigenvalue weighted by atomic mass is 16.6. The van der Waals surface area contributed by atoms with Crippen molar-refractivity contribution in [2.24, 2.45) is 0 Å². The van der Waals surface area contributed by atoms with E-state index in [-0.39, 0.29) is 12.1 Å². The van der Waals surface area contributed by atoms with E-state index in [0.717, 1.165) is 24.8 Å². The van der Waals surface area contributed by atoms with Gasteiger partial charge in [-0.1, -0.05) is 30.3 Å². The Morgan fingerprint density at radius 3 is 2.67 bits per heavy atom. The Morgan fingerprint density at radius 2 is 1.89 bits per heavy atom. The highest BCUT2D eigenvalue weighted by Crippen LogP contribution is 2.37. The van der Waals surface area contributed by atoms with Crippen LogP contribution in [0, 0.1) is 0 Å². The van der Waals surface area contributed by atoms with Crippen LogP contribution in [0.3, 0.4) is 0 Å². The number of benzene rings is 1. The fourth-order valence-corrected chi connectivity index (χ4v) is 2.94. The van der Waals surface area contributed by atoms with E-state index in [0.29, 0.717) is 6.42 Å². The molecule has 18 heavy (non-hydrogen) atoms. The Hall–Kier alpha value is -1.84. The van der Waals surface area contributed by atoms with E-state index < -0.39 is 12.1 Å².